The number of anilines is 2. The van der Waals surface area contributed by atoms with E-state index in [0.29, 0.717) is 0 Å². The highest BCUT2D eigenvalue weighted by Crippen LogP contribution is 2.09. The Morgan fingerprint density at radius 2 is 1.72 bits per heavy atom. The molecule has 0 bridgehead atoms. The van der Waals surface area contributed by atoms with Gasteiger partial charge in [-0.05, 0) is 43.2 Å². The third-order valence-corrected chi connectivity index (χ3v) is 2.58. The maximum absolute atomic E-state index is 4.46. The van der Waals surface area contributed by atoms with Crippen LogP contribution in [0.2, 0.25) is 0 Å². The first-order chi connectivity index (χ1) is 8.88. The highest BCUT2D eigenvalue weighted by atomic mass is 15.1. The summed E-state index contributed by atoms with van der Waals surface area (Å²) in [5, 5.41) is 6.52. The van der Waals surface area contributed by atoms with Crippen molar-refractivity contribution in [2.45, 2.75) is 13.3 Å². The molecule has 2 aromatic heterocycles. The molecule has 2 aromatic rings. The van der Waals surface area contributed by atoms with E-state index in [2.05, 4.69) is 27.5 Å². The zero-order chi connectivity index (χ0) is 12.6. The van der Waals surface area contributed by atoms with Gasteiger partial charge in [0, 0.05) is 25.5 Å². The Morgan fingerprint density at radius 1 is 1.00 bits per heavy atom. The molecule has 0 radical (unpaired) electrons. The van der Waals surface area contributed by atoms with Gasteiger partial charge in [0.05, 0.1) is 0 Å². The lowest BCUT2D eigenvalue weighted by Gasteiger charge is -2.08. The molecule has 0 aliphatic rings. The summed E-state index contributed by atoms with van der Waals surface area (Å²) in [6.45, 7) is 3.81. The predicted octanol–water partition coefficient (Wildman–Crippen LogP) is 2.56. The molecule has 0 aliphatic heterocycles. The maximum atomic E-state index is 4.46. The lowest BCUT2D eigenvalue weighted by molar-refractivity contribution is 0.999. The van der Waals surface area contributed by atoms with Gasteiger partial charge in [-0.25, -0.2) is 4.98 Å². The molecular formula is C14H18N4. The van der Waals surface area contributed by atoms with Crippen LogP contribution < -0.4 is 10.6 Å². The van der Waals surface area contributed by atoms with Crippen LogP contribution in [0.5, 0.6) is 0 Å². The van der Waals surface area contributed by atoms with E-state index in [9.17, 15) is 0 Å². The summed E-state index contributed by atoms with van der Waals surface area (Å²) in [6, 6.07) is 10.0. The zero-order valence-electron chi connectivity index (χ0n) is 10.6. The Balaban J connectivity index is 1.84. The molecule has 0 amide bonds. The lowest BCUT2D eigenvalue weighted by atomic mass is 10.2. The SMILES string of the molecule is CCNc1cccc(NCCc2ccncc2)n1. The molecule has 18 heavy (non-hydrogen) atoms. The summed E-state index contributed by atoms with van der Waals surface area (Å²) >= 11 is 0. The van der Waals surface area contributed by atoms with Gasteiger partial charge in [-0.3, -0.25) is 4.98 Å². The molecule has 2 rings (SSSR count). The Hall–Kier alpha value is -2.10. The Kier molecular flexibility index (Phi) is 4.53. The van der Waals surface area contributed by atoms with E-state index in [1.165, 1.54) is 5.56 Å². The van der Waals surface area contributed by atoms with Crippen LogP contribution in [0.1, 0.15) is 12.5 Å². The van der Waals surface area contributed by atoms with Crippen molar-refractivity contribution >= 4 is 11.6 Å². The van der Waals surface area contributed by atoms with E-state index in [4.69, 9.17) is 0 Å². The van der Waals surface area contributed by atoms with Crippen LogP contribution in [0, 0.1) is 0 Å². The number of nitrogens with one attached hydrogen (secondary N) is 2. The average Bonchev–Trinajstić information content (AvgIpc) is 2.41. The molecule has 0 aliphatic carbocycles. The highest BCUT2D eigenvalue weighted by molar-refractivity contribution is 5.45. The number of aromatic nitrogens is 2. The molecular weight excluding hydrogens is 224 g/mol. The van der Waals surface area contributed by atoms with Gasteiger partial charge >= 0.3 is 0 Å². The molecule has 4 nitrogen and oxygen atoms in total. The number of rotatable bonds is 6. The van der Waals surface area contributed by atoms with E-state index in [1.807, 2.05) is 42.7 Å². The molecule has 0 atom stereocenters. The predicted molar refractivity (Wildman–Crippen MR) is 74.8 cm³/mol. The van der Waals surface area contributed by atoms with E-state index < -0.39 is 0 Å². The summed E-state index contributed by atoms with van der Waals surface area (Å²) in [4.78, 5) is 8.46. The first-order valence-electron chi connectivity index (χ1n) is 6.22. The van der Waals surface area contributed by atoms with E-state index in [-0.39, 0.29) is 0 Å². The van der Waals surface area contributed by atoms with Gasteiger partial charge in [-0.2, -0.15) is 0 Å². The fraction of sp³-hybridized carbons (Fsp3) is 0.286. The fourth-order valence-corrected chi connectivity index (χ4v) is 1.70. The summed E-state index contributed by atoms with van der Waals surface area (Å²) in [6.07, 6.45) is 4.61. The van der Waals surface area contributed by atoms with Crippen LogP contribution in [-0.2, 0) is 6.42 Å². The molecule has 0 aromatic carbocycles. The molecule has 2 heterocycles. The van der Waals surface area contributed by atoms with Crippen molar-refractivity contribution in [3.05, 3.63) is 48.3 Å². The number of nitrogens with zero attached hydrogens (tertiary/aromatic N) is 2. The first-order valence-corrected chi connectivity index (χ1v) is 6.22. The highest BCUT2D eigenvalue weighted by Gasteiger charge is 1.96. The van der Waals surface area contributed by atoms with Gasteiger partial charge < -0.3 is 10.6 Å². The molecule has 94 valence electrons. The first kappa shape index (κ1) is 12.4. The molecule has 0 saturated carbocycles. The standard InChI is InChI=1S/C14H18N4/c1-2-16-13-4-3-5-14(18-13)17-11-8-12-6-9-15-10-7-12/h3-7,9-10H,2,8,11H2,1H3,(H2,16,17,18). The van der Waals surface area contributed by atoms with Crippen LogP contribution in [0.3, 0.4) is 0 Å². The Labute approximate surface area is 107 Å². The van der Waals surface area contributed by atoms with Crippen molar-refractivity contribution in [3.8, 4) is 0 Å². The summed E-state index contributed by atoms with van der Waals surface area (Å²) < 4.78 is 0. The summed E-state index contributed by atoms with van der Waals surface area (Å²) in [7, 11) is 0. The van der Waals surface area contributed by atoms with Crippen LogP contribution >= 0.6 is 0 Å². The van der Waals surface area contributed by atoms with Crippen molar-refractivity contribution in [3.63, 3.8) is 0 Å². The average molecular weight is 242 g/mol. The minimum Gasteiger partial charge on any atom is -0.370 e. The topological polar surface area (TPSA) is 49.8 Å². The van der Waals surface area contributed by atoms with Gasteiger partial charge in [-0.1, -0.05) is 6.07 Å². The number of hydrogen-bond acceptors (Lipinski definition) is 4. The zero-order valence-corrected chi connectivity index (χ0v) is 10.6. The second-order valence-corrected chi connectivity index (χ2v) is 3.97. The van der Waals surface area contributed by atoms with Crippen molar-refractivity contribution in [2.75, 3.05) is 23.7 Å². The Bertz CT molecular complexity index is 470. The van der Waals surface area contributed by atoms with Crippen molar-refractivity contribution < 1.29 is 0 Å². The smallest absolute Gasteiger partial charge is 0.128 e. The molecule has 0 unspecified atom stereocenters. The van der Waals surface area contributed by atoms with Gasteiger partial charge in [0.1, 0.15) is 11.6 Å². The third-order valence-electron chi connectivity index (χ3n) is 2.58. The molecule has 0 spiro atoms. The second kappa shape index (κ2) is 6.59. The fourth-order valence-electron chi connectivity index (χ4n) is 1.70. The largest absolute Gasteiger partial charge is 0.370 e. The quantitative estimate of drug-likeness (QED) is 0.817. The van der Waals surface area contributed by atoms with Gasteiger partial charge in [-0.15, -0.1) is 0 Å². The summed E-state index contributed by atoms with van der Waals surface area (Å²) in [5.41, 5.74) is 1.28. The maximum Gasteiger partial charge on any atom is 0.128 e. The van der Waals surface area contributed by atoms with E-state index in [1.54, 1.807) is 0 Å². The Morgan fingerprint density at radius 3 is 2.44 bits per heavy atom. The molecule has 4 heteroatoms. The lowest BCUT2D eigenvalue weighted by Crippen LogP contribution is -2.07. The number of hydrogen-bond donors (Lipinski definition) is 2. The third kappa shape index (κ3) is 3.73. The molecule has 0 saturated heterocycles. The molecule has 0 fully saturated rings. The van der Waals surface area contributed by atoms with E-state index >= 15 is 0 Å². The minimum absolute atomic E-state index is 0.868. The van der Waals surface area contributed by atoms with Crippen molar-refractivity contribution in [1.82, 2.24) is 9.97 Å². The van der Waals surface area contributed by atoms with Crippen LogP contribution in [0.15, 0.2) is 42.7 Å². The van der Waals surface area contributed by atoms with Crippen molar-refractivity contribution in [2.24, 2.45) is 0 Å². The second-order valence-electron chi connectivity index (χ2n) is 3.97. The van der Waals surface area contributed by atoms with Gasteiger partial charge in [0.2, 0.25) is 0 Å². The van der Waals surface area contributed by atoms with Crippen LogP contribution in [0.25, 0.3) is 0 Å². The minimum atomic E-state index is 0.868. The van der Waals surface area contributed by atoms with E-state index in [0.717, 1.165) is 31.1 Å². The van der Waals surface area contributed by atoms with Crippen molar-refractivity contribution in [1.29, 1.82) is 0 Å². The monoisotopic (exact) mass is 242 g/mol. The normalized spacial score (nSPS) is 10.1. The van der Waals surface area contributed by atoms with Crippen LogP contribution in [-0.4, -0.2) is 23.1 Å². The molecule has 2 N–H and O–H groups in total. The number of pyridine rings is 2. The van der Waals surface area contributed by atoms with Crippen LogP contribution in [0.4, 0.5) is 11.6 Å². The van der Waals surface area contributed by atoms with Gasteiger partial charge in [0.25, 0.3) is 0 Å². The summed E-state index contributed by atoms with van der Waals surface area (Å²) in [5.74, 6) is 1.81. The van der Waals surface area contributed by atoms with Gasteiger partial charge in [0.15, 0.2) is 0 Å².